The molecule has 5 rings (SSSR count). The summed E-state index contributed by atoms with van der Waals surface area (Å²) in [5, 5.41) is 7.88. The number of carbonyl (C=O) groups is 1. The smallest absolute Gasteiger partial charge is 0.326 e. The van der Waals surface area contributed by atoms with Crippen molar-refractivity contribution in [1.29, 1.82) is 0 Å². The Morgan fingerprint density at radius 1 is 1.03 bits per heavy atom. The normalized spacial score (nSPS) is 16.0. The molecule has 34 heavy (non-hydrogen) atoms. The monoisotopic (exact) mass is 470 g/mol. The summed E-state index contributed by atoms with van der Waals surface area (Å²) < 4.78 is 5.75. The van der Waals surface area contributed by atoms with Crippen LogP contribution in [-0.4, -0.2) is 16.2 Å². The van der Waals surface area contributed by atoms with E-state index in [-0.39, 0.29) is 6.03 Å². The summed E-state index contributed by atoms with van der Waals surface area (Å²) in [4.78, 5) is 19.6. The molecule has 1 aromatic heterocycles. The van der Waals surface area contributed by atoms with Gasteiger partial charge in [0.05, 0.1) is 17.3 Å². The second-order valence-corrected chi connectivity index (χ2v) is 8.52. The van der Waals surface area contributed by atoms with Gasteiger partial charge in [-0.15, -0.1) is 0 Å². The van der Waals surface area contributed by atoms with E-state index in [2.05, 4.69) is 29.5 Å². The molecule has 170 valence electrons. The Labute approximate surface area is 202 Å². The number of nitrogens with one attached hydrogen (secondary N) is 1. The van der Waals surface area contributed by atoms with Crippen LogP contribution in [0.2, 0.25) is 5.02 Å². The van der Waals surface area contributed by atoms with Crippen LogP contribution in [0.15, 0.2) is 89.1 Å². The predicted octanol–water partition coefficient (Wildman–Crippen LogP) is 6.65. The number of rotatable bonds is 5. The molecule has 6 nitrogen and oxygen atoms in total. The van der Waals surface area contributed by atoms with Gasteiger partial charge in [0, 0.05) is 16.3 Å². The Morgan fingerprint density at radius 3 is 2.50 bits per heavy atom. The SMILES string of the molecule is CCc1ccc(C2NC(=O)N(c3cccc(Cl)c3)C(C)=C2c2nc(-c3ccccc3)no2)cc1. The zero-order valence-corrected chi connectivity index (χ0v) is 19.6. The number of aryl methyl sites for hydroxylation is 1. The van der Waals surface area contributed by atoms with Crippen molar-refractivity contribution < 1.29 is 9.32 Å². The van der Waals surface area contributed by atoms with Crippen LogP contribution in [0.25, 0.3) is 17.0 Å². The average Bonchev–Trinajstić information content (AvgIpc) is 3.34. The minimum absolute atomic E-state index is 0.254. The molecule has 3 aromatic carbocycles. The molecule has 2 heterocycles. The first-order valence-electron chi connectivity index (χ1n) is 11.1. The van der Waals surface area contributed by atoms with Crippen LogP contribution in [-0.2, 0) is 6.42 Å². The molecular formula is C27H23ClN4O2. The van der Waals surface area contributed by atoms with Crippen LogP contribution >= 0.6 is 11.6 Å². The van der Waals surface area contributed by atoms with Crippen molar-refractivity contribution in [3.63, 3.8) is 0 Å². The summed E-state index contributed by atoms with van der Waals surface area (Å²) in [5.41, 5.74) is 5.09. The standard InChI is InChI=1S/C27H23ClN4O2/c1-3-18-12-14-19(15-13-18)24-23(26-30-25(31-34-26)20-8-5-4-6-9-20)17(2)32(27(33)29-24)22-11-7-10-21(28)16-22/h4-16,24H,3H2,1-2H3,(H,29,33). The van der Waals surface area contributed by atoms with Crippen LogP contribution in [0.3, 0.4) is 0 Å². The highest BCUT2D eigenvalue weighted by Crippen LogP contribution is 2.39. The maximum absolute atomic E-state index is 13.3. The van der Waals surface area contributed by atoms with Crippen LogP contribution in [0.4, 0.5) is 10.5 Å². The van der Waals surface area contributed by atoms with Crippen LogP contribution in [0.1, 0.15) is 36.9 Å². The fourth-order valence-electron chi connectivity index (χ4n) is 4.18. The number of allylic oxidation sites excluding steroid dienone is 1. The third-order valence-electron chi connectivity index (χ3n) is 5.96. The van der Waals surface area contributed by atoms with Crippen molar-refractivity contribution in [2.75, 3.05) is 4.90 Å². The van der Waals surface area contributed by atoms with Crippen LogP contribution < -0.4 is 10.2 Å². The molecule has 0 bridgehead atoms. The number of urea groups is 1. The molecule has 0 saturated heterocycles. The lowest BCUT2D eigenvalue weighted by Crippen LogP contribution is -2.46. The largest absolute Gasteiger partial charge is 0.334 e. The van der Waals surface area contributed by atoms with E-state index < -0.39 is 6.04 Å². The lowest BCUT2D eigenvalue weighted by atomic mass is 9.93. The first-order valence-corrected chi connectivity index (χ1v) is 11.5. The molecule has 1 N–H and O–H groups in total. The first-order chi connectivity index (χ1) is 16.5. The Balaban J connectivity index is 1.65. The Kier molecular flexibility index (Phi) is 5.90. The van der Waals surface area contributed by atoms with E-state index in [1.54, 1.807) is 17.0 Å². The first kappa shape index (κ1) is 21.9. The zero-order chi connectivity index (χ0) is 23.7. The summed E-state index contributed by atoms with van der Waals surface area (Å²) in [5.74, 6) is 0.843. The molecule has 7 heteroatoms. The van der Waals surface area contributed by atoms with Crippen molar-refractivity contribution in [1.82, 2.24) is 15.5 Å². The maximum atomic E-state index is 13.3. The summed E-state index contributed by atoms with van der Waals surface area (Å²) in [6.07, 6.45) is 0.936. The molecule has 1 aliphatic heterocycles. The third kappa shape index (κ3) is 4.08. The highest BCUT2D eigenvalue weighted by molar-refractivity contribution is 6.31. The van der Waals surface area contributed by atoms with Gasteiger partial charge < -0.3 is 9.84 Å². The number of hydrogen-bond acceptors (Lipinski definition) is 4. The van der Waals surface area contributed by atoms with Gasteiger partial charge in [0.25, 0.3) is 5.89 Å². The molecule has 0 fully saturated rings. The van der Waals surface area contributed by atoms with Gasteiger partial charge in [-0.05, 0) is 42.7 Å². The van der Waals surface area contributed by atoms with E-state index in [1.807, 2.05) is 61.5 Å². The Hall–Kier alpha value is -3.90. The molecule has 1 aliphatic rings. The highest BCUT2D eigenvalue weighted by Gasteiger charge is 2.36. The van der Waals surface area contributed by atoms with E-state index in [4.69, 9.17) is 21.1 Å². The van der Waals surface area contributed by atoms with Crippen molar-refractivity contribution in [2.45, 2.75) is 26.3 Å². The number of anilines is 1. The lowest BCUT2D eigenvalue weighted by molar-refractivity contribution is 0.244. The molecular weight excluding hydrogens is 448 g/mol. The van der Waals surface area contributed by atoms with Crippen LogP contribution in [0.5, 0.6) is 0 Å². The Morgan fingerprint density at radius 2 is 1.79 bits per heavy atom. The number of halogens is 1. The van der Waals surface area contributed by atoms with Gasteiger partial charge in [-0.1, -0.05) is 84.3 Å². The fourth-order valence-corrected chi connectivity index (χ4v) is 4.36. The van der Waals surface area contributed by atoms with Gasteiger partial charge >= 0.3 is 6.03 Å². The number of amides is 2. The minimum Gasteiger partial charge on any atom is -0.334 e. The van der Waals surface area contributed by atoms with E-state index in [0.29, 0.717) is 28.1 Å². The fraction of sp³-hybridized carbons (Fsp3) is 0.148. The second-order valence-electron chi connectivity index (χ2n) is 8.08. The maximum Gasteiger partial charge on any atom is 0.326 e. The molecule has 1 unspecified atom stereocenters. The summed E-state index contributed by atoms with van der Waals surface area (Å²) in [7, 11) is 0. The predicted molar refractivity (Wildman–Crippen MR) is 133 cm³/mol. The highest BCUT2D eigenvalue weighted by atomic mass is 35.5. The number of aromatic nitrogens is 2. The van der Waals surface area contributed by atoms with Crippen molar-refractivity contribution >= 4 is 28.9 Å². The summed E-state index contributed by atoms with van der Waals surface area (Å²) >= 11 is 6.22. The number of nitrogens with zero attached hydrogens (tertiary/aromatic N) is 3. The molecule has 0 spiro atoms. The van der Waals surface area contributed by atoms with Crippen LogP contribution in [0, 0.1) is 0 Å². The quantitative estimate of drug-likeness (QED) is 0.354. The topological polar surface area (TPSA) is 71.3 Å². The van der Waals surface area contributed by atoms with Gasteiger partial charge in [0.2, 0.25) is 5.82 Å². The zero-order valence-electron chi connectivity index (χ0n) is 18.8. The number of hydrogen-bond donors (Lipinski definition) is 1. The summed E-state index contributed by atoms with van der Waals surface area (Å²) in [6.45, 7) is 3.99. The molecule has 1 atom stereocenters. The number of benzene rings is 3. The van der Waals surface area contributed by atoms with E-state index in [9.17, 15) is 4.79 Å². The van der Waals surface area contributed by atoms with Crippen molar-refractivity contribution in [3.8, 4) is 11.4 Å². The van der Waals surface area contributed by atoms with Gasteiger partial charge in [0.1, 0.15) is 0 Å². The van der Waals surface area contributed by atoms with E-state index >= 15 is 0 Å². The van der Waals surface area contributed by atoms with Crippen molar-refractivity contribution in [2.24, 2.45) is 0 Å². The molecule has 4 aromatic rings. The average molecular weight is 471 g/mol. The minimum atomic E-state index is -0.446. The van der Waals surface area contributed by atoms with Gasteiger partial charge in [0.15, 0.2) is 0 Å². The van der Waals surface area contributed by atoms with E-state index in [0.717, 1.165) is 23.1 Å². The molecule has 0 radical (unpaired) electrons. The lowest BCUT2D eigenvalue weighted by Gasteiger charge is -2.35. The second kappa shape index (κ2) is 9.15. The number of carbonyl (C=O) groups excluding carboxylic acids is 1. The van der Waals surface area contributed by atoms with Gasteiger partial charge in [-0.2, -0.15) is 4.98 Å². The Bertz CT molecular complexity index is 1360. The van der Waals surface area contributed by atoms with E-state index in [1.165, 1.54) is 5.56 Å². The molecule has 0 saturated carbocycles. The third-order valence-corrected chi connectivity index (χ3v) is 6.20. The molecule has 0 aliphatic carbocycles. The van der Waals surface area contributed by atoms with Crippen molar-refractivity contribution in [3.05, 3.63) is 107 Å². The van der Waals surface area contributed by atoms with Gasteiger partial charge in [-0.3, -0.25) is 4.90 Å². The molecule has 2 amide bonds. The summed E-state index contributed by atoms with van der Waals surface area (Å²) in [6, 6.07) is 24.3. The van der Waals surface area contributed by atoms with Gasteiger partial charge in [-0.25, -0.2) is 4.79 Å².